The number of piperidine rings is 1. The van der Waals surface area contributed by atoms with Gasteiger partial charge in [-0.3, -0.25) is 4.90 Å². The average Bonchev–Trinajstić information content (AvgIpc) is 3.23. The van der Waals surface area contributed by atoms with Gasteiger partial charge in [-0.05, 0) is 43.0 Å². The molecule has 0 spiro atoms. The molecule has 1 fully saturated rings. The van der Waals surface area contributed by atoms with E-state index in [2.05, 4.69) is 69.1 Å². The van der Waals surface area contributed by atoms with Crippen molar-refractivity contribution >= 4 is 5.82 Å². The molecule has 1 saturated heterocycles. The monoisotopic (exact) mass is 391 g/mol. The largest absolute Gasteiger partial charge is 0.356 e. The van der Waals surface area contributed by atoms with Crippen molar-refractivity contribution in [1.29, 1.82) is 0 Å². The van der Waals surface area contributed by atoms with Crippen LogP contribution < -0.4 is 4.90 Å². The normalized spacial score (nSPS) is 17.1. The molecule has 3 heterocycles. The first kappa shape index (κ1) is 19.6. The first-order chi connectivity index (χ1) is 14.2. The first-order valence-electron chi connectivity index (χ1n) is 10.5. The quantitative estimate of drug-likeness (QED) is 0.595. The Hall–Kier alpha value is -2.73. The van der Waals surface area contributed by atoms with Gasteiger partial charge in [-0.25, -0.2) is 4.98 Å². The van der Waals surface area contributed by atoms with Crippen molar-refractivity contribution in [2.45, 2.75) is 39.8 Å². The van der Waals surface area contributed by atoms with Crippen molar-refractivity contribution < 1.29 is 4.52 Å². The molecule has 1 aromatic carbocycles. The lowest BCUT2D eigenvalue weighted by Crippen LogP contribution is -2.34. The molecule has 3 aromatic rings. The summed E-state index contributed by atoms with van der Waals surface area (Å²) in [6, 6.07) is 14.5. The van der Waals surface area contributed by atoms with Gasteiger partial charge in [-0.15, -0.1) is 0 Å². The summed E-state index contributed by atoms with van der Waals surface area (Å²) in [6.07, 6.45) is 4.39. The van der Waals surface area contributed by atoms with Crippen LogP contribution in [-0.2, 0) is 13.1 Å². The molecule has 0 radical (unpaired) electrons. The predicted molar refractivity (Wildman–Crippen MR) is 114 cm³/mol. The molecule has 1 atom stereocenters. The molecule has 0 amide bonds. The SMILES string of the molecule is CCN(Cc1ccccc1)Cc1nc(-c2ccc(N3CCC[C@@H](C)C3)nc2)no1. The van der Waals surface area contributed by atoms with Gasteiger partial charge in [0.2, 0.25) is 11.7 Å². The number of anilines is 1. The zero-order valence-corrected chi connectivity index (χ0v) is 17.3. The van der Waals surface area contributed by atoms with Gasteiger partial charge in [-0.1, -0.05) is 49.3 Å². The van der Waals surface area contributed by atoms with E-state index in [9.17, 15) is 0 Å². The summed E-state index contributed by atoms with van der Waals surface area (Å²) in [5, 5.41) is 4.17. The van der Waals surface area contributed by atoms with Crippen LogP contribution in [0, 0.1) is 5.92 Å². The van der Waals surface area contributed by atoms with E-state index in [0.29, 0.717) is 18.3 Å². The molecule has 1 aliphatic heterocycles. The fraction of sp³-hybridized carbons (Fsp3) is 0.435. The second-order valence-corrected chi connectivity index (χ2v) is 7.90. The molecular formula is C23H29N5O. The molecule has 2 aromatic heterocycles. The Kier molecular flexibility index (Phi) is 6.20. The van der Waals surface area contributed by atoms with Crippen LogP contribution in [0.5, 0.6) is 0 Å². The zero-order valence-electron chi connectivity index (χ0n) is 17.3. The standard InChI is InChI=1S/C23H29N5O/c1-3-27(16-19-9-5-4-6-10-19)17-22-25-23(26-29-22)20-11-12-21(24-14-20)28-13-7-8-18(2)15-28/h4-6,9-12,14,18H,3,7-8,13,15-17H2,1-2H3/t18-/m1/s1. The minimum absolute atomic E-state index is 0.599. The number of benzene rings is 1. The van der Waals surface area contributed by atoms with Crippen LogP contribution in [0.2, 0.25) is 0 Å². The van der Waals surface area contributed by atoms with E-state index >= 15 is 0 Å². The molecule has 0 aliphatic carbocycles. The molecular weight excluding hydrogens is 362 g/mol. The molecule has 29 heavy (non-hydrogen) atoms. The van der Waals surface area contributed by atoms with Gasteiger partial charge in [0.1, 0.15) is 5.82 Å². The second-order valence-electron chi connectivity index (χ2n) is 7.90. The summed E-state index contributed by atoms with van der Waals surface area (Å²) in [6.45, 7) is 9.01. The van der Waals surface area contributed by atoms with Gasteiger partial charge in [0.15, 0.2) is 0 Å². The minimum atomic E-state index is 0.599. The summed E-state index contributed by atoms with van der Waals surface area (Å²) >= 11 is 0. The van der Waals surface area contributed by atoms with Crippen LogP contribution in [-0.4, -0.2) is 39.7 Å². The number of aromatic nitrogens is 3. The number of hydrogen-bond donors (Lipinski definition) is 0. The smallest absolute Gasteiger partial charge is 0.241 e. The summed E-state index contributed by atoms with van der Waals surface area (Å²) in [7, 11) is 0. The van der Waals surface area contributed by atoms with Crippen molar-refractivity contribution in [2.75, 3.05) is 24.5 Å². The van der Waals surface area contributed by atoms with Crippen LogP contribution in [0.15, 0.2) is 53.2 Å². The lowest BCUT2D eigenvalue weighted by molar-refractivity contribution is 0.229. The van der Waals surface area contributed by atoms with Crippen molar-refractivity contribution in [2.24, 2.45) is 5.92 Å². The van der Waals surface area contributed by atoms with Crippen molar-refractivity contribution in [3.63, 3.8) is 0 Å². The molecule has 4 rings (SSSR count). The van der Waals surface area contributed by atoms with E-state index in [1.165, 1.54) is 18.4 Å². The molecule has 0 saturated carbocycles. The number of pyridine rings is 1. The number of nitrogens with zero attached hydrogens (tertiary/aromatic N) is 5. The highest BCUT2D eigenvalue weighted by Crippen LogP contribution is 2.23. The Labute approximate surface area is 172 Å². The fourth-order valence-electron chi connectivity index (χ4n) is 3.85. The van der Waals surface area contributed by atoms with Gasteiger partial charge < -0.3 is 9.42 Å². The van der Waals surface area contributed by atoms with Crippen LogP contribution in [0.1, 0.15) is 38.1 Å². The zero-order chi connectivity index (χ0) is 20.1. The first-order valence-corrected chi connectivity index (χ1v) is 10.5. The Morgan fingerprint density at radius 2 is 2.00 bits per heavy atom. The van der Waals surface area contributed by atoms with E-state index in [4.69, 9.17) is 4.52 Å². The average molecular weight is 392 g/mol. The van der Waals surface area contributed by atoms with Crippen molar-refractivity contribution in [3.05, 3.63) is 60.1 Å². The van der Waals surface area contributed by atoms with Gasteiger partial charge in [0.25, 0.3) is 0 Å². The van der Waals surface area contributed by atoms with Crippen LogP contribution in [0.3, 0.4) is 0 Å². The highest BCUT2D eigenvalue weighted by Gasteiger charge is 2.18. The summed E-state index contributed by atoms with van der Waals surface area (Å²) in [5.74, 6) is 2.99. The topological polar surface area (TPSA) is 58.3 Å². The molecule has 6 nitrogen and oxygen atoms in total. The van der Waals surface area contributed by atoms with Gasteiger partial charge >= 0.3 is 0 Å². The number of hydrogen-bond acceptors (Lipinski definition) is 6. The fourth-order valence-corrected chi connectivity index (χ4v) is 3.85. The van der Waals surface area contributed by atoms with Crippen LogP contribution in [0.25, 0.3) is 11.4 Å². The lowest BCUT2D eigenvalue weighted by Gasteiger charge is -2.31. The maximum absolute atomic E-state index is 5.51. The Bertz CT molecular complexity index is 893. The maximum Gasteiger partial charge on any atom is 0.241 e. The summed E-state index contributed by atoms with van der Waals surface area (Å²) < 4.78 is 5.51. The second kappa shape index (κ2) is 9.18. The highest BCUT2D eigenvalue weighted by molar-refractivity contribution is 5.55. The third-order valence-corrected chi connectivity index (χ3v) is 5.51. The lowest BCUT2D eigenvalue weighted by atomic mass is 10.0. The van der Waals surface area contributed by atoms with Gasteiger partial charge in [0.05, 0.1) is 6.54 Å². The van der Waals surface area contributed by atoms with E-state index < -0.39 is 0 Å². The maximum atomic E-state index is 5.51. The van der Waals surface area contributed by atoms with E-state index in [0.717, 1.165) is 43.5 Å². The van der Waals surface area contributed by atoms with Crippen LogP contribution >= 0.6 is 0 Å². The third-order valence-electron chi connectivity index (χ3n) is 5.51. The molecule has 0 bridgehead atoms. The van der Waals surface area contributed by atoms with Crippen molar-refractivity contribution in [1.82, 2.24) is 20.0 Å². The molecule has 6 heteroatoms. The Balaban J connectivity index is 1.40. The number of rotatable bonds is 7. The van der Waals surface area contributed by atoms with Gasteiger partial charge in [-0.2, -0.15) is 4.98 Å². The molecule has 152 valence electrons. The summed E-state index contributed by atoms with van der Waals surface area (Å²) in [5.41, 5.74) is 2.17. The minimum Gasteiger partial charge on any atom is -0.356 e. The van der Waals surface area contributed by atoms with Gasteiger partial charge in [0, 0.05) is 31.4 Å². The molecule has 1 aliphatic rings. The summed E-state index contributed by atoms with van der Waals surface area (Å²) in [4.78, 5) is 13.9. The third kappa shape index (κ3) is 5.01. The molecule has 0 unspecified atom stereocenters. The highest BCUT2D eigenvalue weighted by atomic mass is 16.5. The van der Waals surface area contributed by atoms with Crippen molar-refractivity contribution in [3.8, 4) is 11.4 Å². The van der Waals surface area contributed by atoms with E-state index in [1.807, 2.05) is 18.3 Å². The Morgan fingerprint density at radius 3 is 2.72 bits per heavy atom. The molecule has 0 N–H and O–H groups in total. The van der Waals surface area contributed by atoms with E-state index in [-0.39, 0.29) is 0 Å². The Morgan fingerprint density at radius 1 is 1.14 bits per heavy atom. The van der Waals surface area contributed by atoms with Crippen LogP contribution in [0.4, 0.5) is 5.82 Å². The predicted octanol–water partition coefficient (Wildman–Crippen LogP) is 4.39. The van der Waals surface area contributed by atoms with E-state index in [1.54, 1.807) is 0 Å².